The van der Waals surface area contributed by atoms with Gasteiger partial charge in [0.2, 0.25) is 0 Å². The maximum Gasteiger partial charge on any atom is 0.322 e. The Balaban J connectivity index is 1.79. The number of amides is 2. The van der Waals surface area contributed by atoms with E-state index < -0.39 is 0 Å². The Morgan fingerprint density at radius 1 is 1.24 bits per heavy atom. The minimum absolute atomic E-state index is 0.0324. The van der Waals surface area contributed by atoms with Gasteiger partial charge in [-0.1, -0.05) is 42.3 Å². The van der Waals surface area contributed by atoms with Gasteiger partial charge in [-0.3, -0.25) is 0 Å². The predicted molar refractivity (Wildman–Crippen MR) is 99.0 cm³/mol. The van der Waals surface area contributed by atoms with E-state index in [0.717, 1.165) is 18.4 Å². The highest BCUT2D eigenvalue weighted by atomic mass is 16.3. The van der Waals surface area contributed by atoms with Crippen LogP contribution < -0.4 is 5.32 Å². The SMILES string of the molecule is C#Cc1cccc(NC(=O)N(Cc2ccccc2)C(CO)C2CC2)c1. The van der Waals surface area contributed by atoms with Gasteiger partial charge in [0.1, 0.15) is 0 Å². The molecule has 4 nitrogen and oxygen atoms in total. The van der Waals surface area contributed by atoms with E-state index in [2.05, 4.69) is 11.2 Å². The fourth-order valence-electron chi connectivity index (χ4n) is 2.98. The molecule has 1 atom stereocenters. The second-order valence-electron chi connectivity index (χ2n) is 6.36. The molecule has 1 fully saturated rings. The fourth-order valence-corrected chi connectivity index (χ4v) is 2.98. The molecule has 2 aromatic carbocycles. The van der Waals surface area contributed by atoms with Gasteiger partial charge in [-0.2, -0.15) is 0 Å². The molecule has 1 saturated carbocycles. The van der Waals surface area contributed by atoms with E-state index in [4.69, 9.17) is 6.42 Å². The van der Waals surface area contributed by atoms with Gasteiger partial charge in [-0.25, -0.2) is 4.79 Å². The Morgan fingerprint density at radius 3 is 2.64 bits per heavy atom. The van der Waals surface area contributed by atoms with E-state index in [-0.39, 0.29) is 18.7 Å². The molecule has 0 heterocycles. The molecule has 4 heteroatoms. The summed E-state index contributed by atoms with van der Waals surface area (Å²) >= 11 is 0. The average Bonchev–Trinajstić information content (AvgIpc) is 3.47. The number of nitrogens with zero attached hydrogens (tertiary/aromatic N) is 1. The van der Waals surface area contributed by atoms with Crippen LogP contribution in [0.4, 0.5) is 10.5 Å². The topological polar surface area (TPSA) is 52.6 Å². The molecule has 0 aliphatic heterocycles. The number of nitrogens with one attached hydrogen (secondary N) is 1. The molecule has 0 saturated heterocycles. The standard InChI is InChI=1S/C21H22N2O2/c1-2-16-9-6-10-19(13-16)22-21(25)23(20(15-24)18-11-12-18)14-17-7-4-3-5-8-17/h1,3-10,13,18,20,24H,11-12,14-15H2,(H,22,25). The third-order valence-electron chi connectivity index (χ3n) is 4.49. The summed E-state index contributed by atoms with van der Waals surface area (Å²) in [5.74, 6) is 2.94. The van der Waals surface area contributed by atoms with Gasteiger partial charge in [-0.15, -0.1) is 6.42 Å². The molecule has 2 N–H and O–H groups in total. The van der Waals surface area contributed by atoms with Crippen LogP contribution in [0, 0.1) is 18.3 Å². The third-order valence-corrected chi connectivity index (χ3v) is 4.49. The molecule has 2 aromatic rings. The predicted octanol–water partition coefficient (Wildman–Crippen LogP) is 3.47. The molecule has 0 radical (unpaired) electrons. The molecule has 1 unspecified atom stereocenters. The first kappa shape index (κ1) is 17.1. The van der Waals surface area contributed by atoms with E-state index in [0.29, 0.717) is 23.7 Å². The lowest BCUT2D eigenvalue weighted by atomic mass is 10.1. The van der Waals surface area contributed by atoms with Crippen molar-refractivity contribution in [3.63, 3.8) is 0 Å². The number of benzene rings is 2. The Kier molecular flexibility index (Phi) is 5.37. The van der Waals surface area contributed by atoms with Crippen LogP contribution in [0.1, 0.15) is 24.0 Å². The van der Waals surface area contributed by atoms with E-state index in [9.17, 15) is 9.90 Å². The number of hydrogen-bond donors (Lipinski definition) is 2. The molecule has 25 heavy (non-hydrogen) atoms. The van der Waals surface area contributed by atoms with Crippen molar-refractivity contribution in [1.29, 1.82) is 0 Å². The molecule has 0 aromatic heterocycles. The summed E-state index contributed by atoms with van der Waals surface area (Å²) < 4.78 is 0. The Morgan fingerprint density at radius 2 is 2.00 bits per heavy atom. The van der Waals surface area contributed by atoms with Crippen molar-refractivity contribution in [3.05, 3.63) is 65.7 Å². The number of carbonyl (C=O) groups excluding carboxylic acids is 1. The van der Waals surface area contributed by atoms with E-state index in [1.54, 1.807) is 11.0 Å². The number of aliphatic hydroxyl groups is 1. The highest BCUT2D eigenvalue weighted by Crippen LogP contribution is 2.36. The third kappa shape index (κ3) is 4.40. The lowest BCUT2D eigenvalue weighted by Crippen LogP contribution is -2.45. The Labute approximate surface area is 148 Å². The average molecular weight is 334 g/mol. The zero-order valence-electron chi connectivity index (χ0n) is 14.1. The number of aliphatic hydroxyl groups excluding tert-OH is 1. The maximum absolute atomic E-state index is 12.9. The first-order chi connectivity index (χ1) is 12.2. The zero-order chi connectivity index (χ0) is 17.6. The first-order valence-corrected chi connectivity index (χ1v) is 8.50. The first-order valence-electron chi connectivity index (χ1n) is 8.50. The maximum atomic E-state index is 12.9. The van der Waals surface area contributed by atoms with Gasteiger partial charge in [0.05, 0.1) is 12.6 Å². The summed E-state index contributed by atoms with van der Waals surface area (Å²) in [6, 6.07) is 16.6. The van der Waals surface area contributed by atoms with Crippen molar-refractivity contribution >= 4 is 11.7 Å². The van der Waals surface area contributed by atoms with Gasteiger partial charge < -0.3 is 15.3 Å². The van der Waals surface area contributed by atoms with Crippen LogP contribution >= 0.6 is 0 Å². The molecular formula is C21H22N2O2. The number of rotatable bonds is 6. The number of carbonyl (C=O) groups is 1. The van der Waals surface area contributed by atoms with Crippen molar-refractivity contribution in [2.75, 3.05) is 11.9 Å². The normalized spacial score (nSPS) is 14.4. The molecule has 2 amide bonds. The van der Waals surface area contributed by atoms with Gasteiger partial charge in [0, 0.05) is 17.8 Å². The zero-order valence-corrected chi connectivity index (χ0v) is 14.1. The second-order valence-corrected chi connectivity index (χ2v) is 6.36. The smallest absolute Gasteiger partial charge is 0.322 e. The van der Waals surface area contributed by atoms with Crippen molar-refractivity contribution in [2.24, 2.45) is 5.92 Å². The molecule has 0 spiro atoms. The largest absolute Gasteiger partial charge is 0.394 e. The fraction of sp³-hybridized carbons (Fsp3) is 0.286. The summed E-state index contributed by atoms with van der Waals surface area (Å²) in [5, 5.41) is 12.7. The number of anilines is 1. The molecule has 0 bridgehead atoms. The summed E-state index contributed by atoms with van der Waals surface area (Å²) in [6.45, 7) is 0.429. The van der Waals surface area contributed by atoms with Crippen LogP contribution in [0.25, 0.3) is 0 Å². The summed E-state index contributed by atoms with van der Waals surface area (Å²) in [4.78, 5) is 14.6. The summed E-state index contributed by atoms with van der Waals surface area (Å²) in [5.41, 5.74) is 2.41. The summed E-state index contributed by atoms with van der Waals surface area (Å²) in [6.07, 6.45) is 7.53. The van der Waals surface area contributed by atoms with Crippen LogP contribution in [-0.2, 0) is 6.54 Å². The number of hydrogen-bond acceptors (Lipinski definition) is 2. The van der Waals surface area contributed by atoms with Crippen molar-refractivity contribution in [1.82, 2.24) is 4.90 Å². The van der Waals surface area contributed by atoms with Crippen LogP contribution in [-0.4, -0.2) is 28.7 Å². The second kappa shape index (κ2) is 7.87. The highest BCUT2D eigenvalue weighted by molar-refractivity contribution is 5.89. The number of urea groups is 1. The summed E-state index contributed by atoms with van der Waals surface area (Å²) in [7, 11) is 0. The molecule has 1 aliphatic carbocycles. The van der Waals surface area contributed by atoms with E-state index in [1.165, 1.54) is 0 Å². The molecule has 3 rings (SSSR count). The lowest BCUT2D eigenvalue weighted by molar-refractivity contribution is 0.124. The van der Waals surface area contributed by atoms with E-state index >= 15 is 0 Å². The molecular weight excluding hydrogens is 312 g/mol. The van der Waals surface area contributed by atoms with Gasteiger partial charge >= 0.3 is 6.03 Å². The Hall–Kier alpha value is -2.77. The van der Waals surface area contributed by atoms with Crippen LogP contribution in [0.5, 0.6) is 0 Å². The van der Waals surface area contributed by atoms with Gasteiger partial charge in [0.25, 0.3) is 0 Å². The highest BCUT2D eigenvalue weighted by Gasteiger charge is 2.37. The van der Waals surface area contributed by atoms with Crippen LogP contribution in [0.15, 0.2) is 54.6 Å². The monoisotopic (exact) mass is 334 g/mol. The number of terminal acetylenes is 1. The molecule has 128 valence electrons. The van der Waals surface area contributed by atoms with Crippen molar-refractivity contribution in [3.8, 4) is 12.3 Å². The van der Waals surface area contributed by atoms with Gasteiger partial charge in [-0.05, 0) is 42.5 Å². The van der Waals surface area contributed by atoms with Crippen molar-refractivity contribution in [2.45, 2.75) is 25.4 Å². The molecule has 1 aliphatic rings. The van der Waals surface area contributed by atoms with Crippen LogP contribution in [0.2, 0.25) is 0 Å². The quantitative estimate of drug-likeness (QED) is 0.795. The van der Waals surface area contributed by atoms with Gasteiger partial charge in [0.15, 0.2) is 0 Å². The lowest BCUT2D eigenvalue weighted by Gasteiger charge is -2.31. The Bertz CT molecular complexity index is 763. The van der Waals surface area contributed by atoms with E-state index in [1.807, 2.05) is 48.5 Å². The van der Waals surface area contributed by atoms with Crippen molar-refractivity contribution < 1.29 is 9.90 Å². The minimum atomic E-state index is -0.219. The van der Waals surface area contributed by atoms with Crippen LogP contribution in [0.3, 0.4) is 0 Å². The minimum Gasteiger partial charge on any atom is -0.394 e.